The highest BCUT2D eigenvalue weighted by atomic mass is 79.9. The molecular weight excluding hydrogens is 318 g/mol. The van der Waals surface area contributed by atoms with E-state index in [1.54, 1.807) is 0 Å². The second-order valence-electron chi connectivity index (χ2n) is 5.98. The van der Waals surface area contributed by atoms with Crippen LogP contribution in [-0.2, 0) is 11.2 Å². The van der Waals surface area contributed by atoms with Gasteiger partial charge >= 0.3 is 5.97 Å². The monoisotopic (exact) mass is 337 g/mol. The molecule has 0 radical (unpaired) electrons. The zero-order valence-corrected chi connectivity index (χ0v) is 13.0. The zero-order chi connectivity index (χ0) is 14.1. The van der Waals surface area contributed by atoms with Crippen molar-refractivity contribution in [1.29, 1.82) is 0 Å². The maximum Gasteiger partial charge on any atom is 0.306 e. The molecule has 3 unspecified atom stereocenters. The molecule has 20 heavy (non-hydrogen) atoms. The summed E-state index contributed by atoms with van der Waals surface area (Å²) < 4.78 is 1.14. The molecule has 0 saturated heterocycles. The number of aryl methyl sites for hydroxylation is 1. The SMILES string of the molecule is O=C(O)C1CCCC1CNC1CCc2cc(Br)ccc21. The highest BCUT2D eigenvalue weighted by Crippen LogP contribution is 2.35. The van der Waals surface area contributed by atoms with E-state index in [0.29, 0.717) is 12.0 Å². The van der Waals surface area contributed by atoms with Gasteiger partial charge < -0.3 is 10.4 Å². The van der Waals surface area contributed by atoms with Crippen molar-refractivity contribution in [3.05, 3.63) is 33.8 Å². The summed E-state index contributed by atoms with van der Waals surface area (Å²) in [5, 5.41) is 12.8. The Hall–Kier alpha value is -0.870. The first-order chi connectivity index (χ1) is 9.65. The lowest BCUT2D eigenvalue weighted by Gasteiger charge is -2.20. The van der Waals surface area contributed by atoms with E-state index in [4.69, 9.17) is 0 Å². The molecular formula is C16H20BrNO2. The number of hydrogen-bond donors (Lipinski definition) is 2. The maximum absolute atomic E-state index is 11.2. The van der Waals surface area contributed by atoms with Gasteiger partial charge in [0.05, 0.1) is 5.92 Å². The summed E-state index contributed by atoms with van der Waals surface area (Å²) in [6.07, 6.45) is 5.17. The van der Waals surface area contributed by atoms with Crippen molar-refractivity contribution in [1.82, 2.24) is 5.32 Å². The quantitative estimate of drug-likeness (QED) is 0.883. The second-order valence-corrected chi connectivity index (χ2v) is 6.89. The van der Waals surface area contributed by atoms with Crippen LogP contribution in [0.1, 0.15) is 42.9 Å². The summed E-state index contributed by atoms with van der Waals surface area (Å²) in [6.45, 7) is 0.830. The van der Waals surface area contributed by atoms with Crippen LogP contribution >= 0.6 is 15.9 Å². The van der Waals surface area contributed by atoms with E-state index in [-0.39, 0.29) is 5.92 Å². The predicted molar refractivity (Wildman–Crippen MR) is 81.7 cm³/mol. The van der Waals surface area contributed by atoms with E-state index in [1.165, 1.54) is 11.1 Å². The van der Waals surface area contributed by atoms with Crippen molar-refractivity contribution in [3.63, 3.8) is 0 Å². The Kier molecular flexibility index (Phi) is 4.13. The Labute approximate surface area is 127 Å². The summed E-state index contributed by atoms with van der Waals surface area (Å²) >= 11 is 3.52. The lowest BCUT2D eigenvalue weighted by Crippen LogP contribution is -2.30. The molecule has 1 aromatic rings. The largest absolute Gasteiger partial charge is 0.481 e. The first-order valence-electron chi connectivity index (χ1n) is 7.39. The molecule has 4 heteroatoms. The number of fused-ring (bicyclic) bond motifs is 1. The van der Waals surface area contributed by atoms with Crippen molar-refractivity contribution in [2.75, 3.05) is 6.54 Å². The van der Waals surface area contributed by atoms with Crippen LogP contribution in [0.4, 0.5) is 0 Å². The minimum atomic E-state index is -0.620. The molecule has 0 heterocycles. The molecule has 2 aliphatic rings. The number of rotatable bonds is 4. The number of halogens is 1. The second kappa shape index (κ2) is 5.86. The molecule has 3 nitrogen and oxygen atoms in total. The number of carbonyl (C=O) groups is 1. The molecule has 0 bridgehead atoms. The van der Waals surface area contributed by atoms with Crippen LogP contribution in [0.3, 0.4) is 0 Å². The fourth-order valence-corrected chi connectivity index (χ4v) is 4.11. The van der Waals surface area contributed by atoms with Crippen LogP contribution in [-0.4, -0.2) is 17.6 Å². The average molecular weight is 338 g/mol. The average Bonchev–Trinajstić information content (AvgIpc) is 3.01. The minimum absolute atomic E-state index is 0.145. The number of carboxylic acid groups (broad SMARTS) is 1. The predicted octanol–water partition coefficient (Wildman–Crippen LogP) is 3.53. The van der Waals surface area contributed by atoms with Crippen LogP contribution in [0.2, 0.25) is 0 Å². The third-order valence-electron chi connectivity index (χ3n) is 4.79. The molecule has 0 amide bonds. The van der Waals surface area contributed by atoms with Gasteiger partial charge in [-0.1, -0.05) is 28.4 Å². The van der Waals surface area contributed by atoms with Gasteiger partial charge in [0, 0.05) is 10.5 Å². The third-order valence-corrected chi connectivity index (χ3v) is 5.28. The Morgan fingerprint density at radius 2 is 2.20 bits per heavy atom. The van der Waals surface area contributed by atoms with Gasteiger partial charge in [-0.05, 0) is 61.4 Å². The molecule has 3 rings (SSSR count). The topological polar surface area (TPSA) is 49.3 Å². The van der Waals surface area contributed by atoms with Gasteiger partial charge in [0.2, 0.25) is 0 Å². The Balaban J connectivity index is 1.62. The molecule has 1 aromatic carbocycles. The number of hydrogen-bond acceptors (Lipinski definition) is 2. The Bertz CT molecular complexity index is 517. The van der Waals surface area contributed by atoms with E-state index in [0.717, 1.165) is 43.1 Å². The minimum Gasteiger partial charge on any atom is -0.481 e. The molecule has 2 aliphatic carbocycles. The van der Waals surface area contributed by atoms with Gasteiger partial charge in [0.1, 0.15) is 0 Å². The lowest BCUT2D eigenvalue weighted by molar-refractivity contribution is -0.142. The van der Waals surface area contributed by atoms with Crippen LogP contribution in [0.15, 0.2) is 22.7 Å². The summed E-state index contributed by atoms with van der Waals surface area (Å²) in [5.41, 5.74) is 2.80. The standard InChI is InChI=1S/C16H20BrNO2/c17-12-5-6-13-10(8-12)4-7-15(13)18-9-11-2-1-3-14(11)16(19)20/h5-6,8,11,14-15,18H,1-4,7,9H2,(H,19,20). The Morgan fingerprint density at radius 3 is 3.00 bits per heavy atom. The summed E-state index contributed by atoms with van der Waals surface area (Å²) in [6, 6.07) is 6.88. The van der Waals surface area contributed by atoms with Crippen LogP contribution in [0.5, 0.6) is 0 Å². The highest BCUT2D eigenvalue weighted by Gasteiger charge is 2.33. The highest BCUT2D eigenvalue weighted by molar-refractivity contribution is 9.10. The van der Waals surface area contributed by atoms with Crippen molar-refractivity contribution in [3.8, 4) is 0 Å². The van der Waals surface area contributed by atoms with Gasteiger partial charge in [0.15, 0.2) is 0 Å². The van der Waals surface area contributed by atoms with Crippen LogP contribution < -0.4 is 5.32 Å². The number of nitrogens with one attached hydrogen (secondary N) is 1. The van der Waals surface area contributed by atoms with Crippen LogP contribution in [0, 0.1) is 11.8 Å². The van der Waals surface area contributed by atoms with Gasteiger partial charge in [0.25, 0.3) is 0 Å². The van der Waals surface area contributed by atoms with Gasteiger partial charge in [-0.15, -0.1) is 0 Å². The smallest absolute Gasteiger partial charge is 0.306 e. The van der Waals surface area contributed by atoms with Gasteiger partial charge in [-0.2, -0.15) is 0 Å². The van der Waals surface area contributed by atoms with E-state index in [9.17, 15) is 9.90 Å². The molecule has 0 aliphatic heterocycles. The van der Waals surface area contributed by atoms with Crippen LogP contribution in [0.25, 0.3) is 0 Å². The summed E-state index contributed by atoms with van der Waals surface area (Å²) in [5.74, 6) is -0.467. The van der Waals surface area contributed by atoms with E-state index in [1.807, 2.05) is 0 Å². The van der Waals surface area contributed by atoms with E-state index >= 15 is 0 Å². The fourth-order valence-electron chi connectivity index (χ4n) is 3.70. The molecule has 1 fully saturated rings. The fraction of sp³-hybridized carbons (Fsp3) is 0.562. The third kappa shape index (κ3) is 2.77. The maximum atomic E-state index is 11.2. The normalized spacial score (nSPS) is 28.6. The molecule has 2 N–H and O–H groups in total. The number of benzene rings is 1. The number of aliphatic carboxylic acids is 1. The summed E-state index contributed by atoms with van der Waals surface area (Å²) in [7, 11) is 0. The van der Waals surface area contributed by atoms with Crippen molar-refractivity contribution in [2.45, 2.75) is 38.1 Å². The summed E-state index contributed by atoms with van der Waals surface area (Å²) in [4.78, 5) is 11.2. The molecule has 3 atom stereocenters. The lowest BCUT2D eigenvalue weighted by atomic mass is 9.95. The van der Waals surface area contributed by atoms with E-state index in [2.05, 4.69) is 39.4 Å². The Morgan fingerprint density at radius 1 is 1.35 bits per heavy atom. The zero-order valence-electron chi connectivity index (χ0n) is 11.4. The van der Waals surface area contributed by atoms with Crippen molar-refractivity contribution in [2.24, 2.45) is 11.8 Å². The molecule has 0 aromatic heterocycles. The van der Waals surface area contributed by atoms with Gasteiger partial charge in [-0.3, -0.25) is 4.79 Å². The molecule has 1 saturated carbocycles. The molecule has 108 valence electrons. The van der Waals surface area contributed by atoms with Crippen molar-refractivity contribution >= 4 is 21.9 Å². The first kappa shape index (κ1) is 14.1. The molecule has 0 spiro atoms. The van der Waals surface area contributed by atoms with Crippen molar-refractivity contribution < 1.29 is 9.90 Å². The number of carboxylic acids is 1. The van der Waals surface area contributed by atoms with E-state index < -0.39 is 5.97 Å². The van der Waals surface area contributed by atoms with Gasteiger partial charge in [-0.25, -0.2) is 0 Å². The first-order valence-corrected chi connectivity index (χ1v) is 8.19.